The van der Waals surface area contributed by atoms with Gasteiger partial charge < -0.3 is 4.42 Å². The molecule has 0 bridgehead atoms. The van der Waals surface area contributed by atoms with Gasteiger partial charge in [-0.2, -0.15) is 9.83 Å². The van der Waals surface area contributed by atoms with Crippen LogP contribution in [0.15, 0.2) is 95.5 Å². The molecule has 0 aliphatic heterocycles. The fraction of sp³-hybridized carbons (Fsp3) is 0.143. The number of fused-ring (bicyclic) bond motifs is 3. The third kappa shape index (κ3) is 4.17. The van der Waals surface area contributed by atoms with Crippen LogP contribution in [0.3, 0.4) is 0 Å². The van der Waals surface area contributed by atoms with Crippen molar-refractivity contribution in [3.63, 3.8) is 0 Å². The minimum atomic E-state index is -3.37. The van der Waals surface area contributed by atoms with Crippen LogP contribution >= 0.6 is 0 Å². The van der Waals surface area contributed by atoms with Crippen LogP contribution in [0.5, 0.6) is 0 Å². The normalized spacial score (nSPS) is 15.0. The van der Waals surface area contributed by atoms with Gasteiger partial charge in [0.1, 0.15) is 18.2 Å². The van der Waals surface area contributed by atoms with Crippen LogP contribution in [-0.2, 0) is 7.05 Å². The molecule has 0 atom stereocenters. The first-order valence-corrected chi connectivity index (χ1v) is 12.4. The first-order chi connectivity index (χ1) is 21.7. The molecule has 0 saturated heterocycles. The van der Waals surface area contributed by atoms with Gasteiger partial charge in [-0.1, -0.05) is 80.4 Å². The Morgan fingerprint density at radius 1 is 0.897 bits per heavy atom. The van der Waals surface area contributed by atoms with Gasteiger partial charge in [0.2, 0.25) is 11.9 Å². The van der Waals surface area contributed by atoms with Crippen molar-refractivity contribution in [2.45, 2.75) is 26.5 Å². The molecule has 2 heterocycles. The highest BCUT2D eigenvalue weighted by Gasteiger charge is 2.25. The number of aryl methyl sites for hydroxylation is 2. The summed E-state index contributed by atoms with van der Waals surface area (Å²) in [6.07, 6.45) is 0.986. The molecule has 0 unspecified atom stereocenters. The second-order valence-corrected chi connectivity index (χ2v) is 9.60. The molecule has 0 aliphatic rings. The van der Waals surface area contributed by atoms with Crippen molar-refractivity contribution in [3.05, 3.63) is 114 Å². The molecule has 0 fully saturated rings. The Bertz CT molecular complexity index is 2170. The van der Waals surface area contributed by atoms with Crippen LogP contribution in [0, 0.1) is 24.1 Å². The lowest BCUT2D eigenvalue weighted by Gasteiger charge is -2.10. The van der Waals surface area contributed by atoms with E-state index in [1.807, 2.05) is 66.7 Å². The van der Waals surface area contributed by atoms with E-state index >= 15 is 4.39 Å². The average Bonchev–Trinajstić information content (AvgIpc) is 3.38. The van der Waals surface area contributed by atoms with Crippen molar-refractivity contribution in [2.24, 2.45) is 7.05 Å². The molecule has 6 aromatic rings. The lowest BCUT2D eigenvalue weighted by molar-refractivity contribution is -0.662. The van der Waals surface area contributed by atoms with E-state index in [-0.39, 0.29) is 5.69 Å². The molecular weight excluding hydrogens is 483 g/mol. The van der Waals surface area contributed by atoms with E-state index in [4.69, 9.17) is 14.0 Å². The van der Waals surface area contributed by atoms with Gasteiger partial charge >= 0.3 is 0 Å². The standard InChI is InChI=1S/C35H28FN2O/c1-21(2)28-18-32(38(4)20-31(28)36)33-22(3)10-15-27-30-17-23(19-37)16-29(34(30)39-35(27)33)26-13-11-25(12-14-26)24-8-6-5-7-9-24/h5-18,20-21H,1-4H3/q+1/i1D3,2D3,21D. The van der Waals surface area contributed by atoms with Crippen molar-refractivity contribution in [2.75, 3.05) is 0 Å². The van der Waals surface area contributed by atoms with Crippen molar-refractivity contribution >= 4 is 21.9 Å². The van der Waals surface area contributed by atoms with E-state index < -0.39 is 31.0 Å². The molecule has 2 aromatic heterocycles. The first-order valence-electron chi connectivity index (χ1n) is 15.9. The van der Waals surface area contributed by atoms with Crippen LogP contribution in [-0.4, -0.2) is 0 Å². The third-order valence-corrected chi connectivity index (χ3v) is 7.13. The SMILES string of the molecule is [2H]C([2H])([2H])C([2H])(c1cc(-c2c(C)ccc3c2oc2c(-c4ccc(-c5ccccc5)cc4)cc(C#N)cc23)[n+](C)cc1F)C([2H])([2H])[2H]. The number of halogens is 1. The summed E-state index contributed by atoms with van der Waals surface area (Å²) in [7, 11) is 1.55. The Morgan fingerprint density at radius 3 is 2.33 bits per heavy atom. The predicted octanol–water partition coefficient (Wildman–Crippen LogP) is 8.85. The van der Waals surface area contributed by atoms with E-state index in [0.717, 1.165) is 29.0 Å². The number of nitrogens with zero attached hydrogens (tertiary/aromatic N) is 2. The highest BCUT2D eigenvalue weighted by Crippen LogP contribution is 2.42. The molecule has 39 heavy (non-hydrogen) atoms. The number of benzene rings is 4. The molecular formula is C35H28FN2O+. The quantitative estimate of drug-likeness (QED) is 0.219. The summed E-state index contributed by atoms with van der Waals surface area (Å²) in [5, 5.41) is 11.2. The van der Waals surface area contributed by atoms with E-state index in [9.17, 15) is 5.26 Å². The fourth-order valence-electron chi connectivity index (χ4n) is 5.17. The summed E-state index contributed by atoms with van der Waals surface area (Å²) >= 11 is 0. The minimum Gasteiger partial charge on any atom is -0.454 e. The number of rotatable bonds is 4. The maximum atomic E-state index is 15.4. The van der Waals surface area contributed by atoms with Gasteiger partial charge in [-0.3, -0.25) is 0 Å². The monoisotopic (exact) mass is 518 g/mol. The maximum Gasteiger partial charge on any atom is 0.216 e. The number of aromatic nitrogens is 1. The number of pyridine rings is 1. The molecule has 3 nitrogen and oxygen atoms in total. The summed E-state index contributed by atoms with van der Waals surface area (Å²) in [5.74, 6) is -4.35. The summed E-state index contributed by atoms with van der Waals surface area (Å²) in [4.78, 5) is 0. The number of hydrogen-bond donors (Lipinski definition) is 0. The zero-order chi connectivity index (χ0) is 33.2. The lowest BCUT2D eigenvalue weighted by atomic mass is 9.95. The largest absolute Gasteiger partial charge is 0.454 e. The van der Waals surface area contributed by atoms with Gasteiger partial charge in [0.15, 0.2) is 5.82 Å². The average molecular weight is 519 g/mol. The minimum absolute atomic E-state index is 0.262. The number of furan rings is 1. The summed E-state index contributed by atoms with van der Waals surface area (Å²) < 4.78 is 79.6. The molecule has 0 aliphatic carbocycles. The Kier molecular flexibility index (Phi) is 4.32. The highest BCUT2D eigenvalue weighted by molar-refractivity contribution is 6.13. The molecule has 0 radical (unpaired) electrons. The first kappa shape index (κ1) is 17.7. The van der Waals surface area contributed by atoms with Crippen molar-refractivity contribution in [3.8, 4) is 39.6 Å². The smallest absolute Gasteiger partial charge is 0.216 e. The van der Waals surface area contributed by atoms with Crippen LogP contribution in [0.1, 0.15) is 45.9 Å². The highest BCUT2D eigenvalue weighted by atomic mass is 19.1. The molecule has 0 spiro atoms. The van der Waals surface area contributed by atoms with E-state index in [2.05, 4.69) is 6.07 Å². The summed E-state index contributed by atoms with van der Waals surface area (Å²) in [6, 6.07) is 28.4. The number of hydrogen-bond acceptors (Lipinski definition) is 2. The molecule has 4 aromatic carbocycles. The van der Waals surface area contributed by atoms with Gasteiger partial charge in [-0.25, -0.2) is 4.39 Å². The van der Waals surface area contributed by atoms with Crippen molar-refractivity contribution in [1.29, 1.82) is 5.26 Å². The van der Waals surface area contributed by atoms with Crippen LogP contribution < -0.4 is 4.57 Å². The second-order valence-electron chi connectivity index (χ2n) is 9.60. The van der Waals surface area contributed by atoms with Crippen molar-refractivity contribution in [1.82, 2.24) is 0 Å². The molecule has 0 amide bonds. The van der Waals surface area contributed by atoms with Gasteiger partial charge in [-0.05, 0) is 47.2 Å². The third-order valence-electron chi connectivity index (χ3n) is 7.13. The van der Waals surface area contributed by atoms with Crippen LogP contribution in [0.4, 0.5) is 4.39 Å². The van der Waals surface area contributed by atoms with E-state index in [0.29, 0.717) is 44.2 Å². The second kappa shape index (κ2) is 9.53. The van der Waals surface area contributed by atoms with Gasteiger partial charge in [0.05, 0.1) is 17.2 Å². The fourth-order valence-corrected chi connectivity index (χ4v) is 5.17. The topological polar surface area (TPSA) is 40.8 Å². The van der Waals surface area contributed by atoms with Gasteiger partial charge in [0, 0.05) is 37.6 Å². The zero-order valence-electron chi connectivity index (χ0n) is 28.3. The molecule has 6 rings (SSSR count). The lowest BCUT2D eigenvalue weighted by Crippen LogP contribution is -2.32. The van der Waals surface area contributed by atoms with E-state index in [1.54, 1.807) is 26.1 Å². The Labute approximate surface area is 237 Å². The predicted molar refractivity (Wildman–Crippen MR) is 155 cm³/mol. The maximum absolute atomic E-state index is 15.4. The Balaban J connectivity index is 1.61. The number of nitriles is 1. The van der Waals surface area contributed by atoms with Gasteiger partial charge in [0.25, 0.3) is 0 Å². The Hall–Kier alpha value is -4.75. The van der Waals surface area contributed by atoms with Crippen molar-refractivity contribution < 1.29 is 23.0 Å². The molecule has 0 N–H and O–H groups in total. The van der Waals surface area contributed by atoms with Crippen LogP contribution in [0.2, 0.25) is 0 Å². The molecule has 4 heteroatoms. The molecule has 0 saturated carbocycles. The van der Waals surface area contributed by atoms with E-state index in [1.165, 1.54) is 4.57 Å². The molecule has 190 valence electrons. The summed E-state index contributed by atoms with van der Waals surface area (Å²) in [6.45, 7) is -4.93. The summed E-state index contributed by atoms with van der Waals surface area (Å²) in [5.41, 5.74) is 5.58. The van der Waals surface area contributed by atoms with Gasteiger partial charge in [-0.15, -0.1) is 0 Å². The van der Waals surface area contributed by atoms with Crippen LogP contribution in [0.25, 0.3) is 55.4 Å². The zero-order valence-corrected chi connectivity index (χ0v) is 21.3. The Morgan fingerprint density at radius 2 is 1.62 bits per heavy atom.